The lowest BCUT2D eigenvalue weighted by atomic mass is 10.4. The Morgan fingerprint density at radius 1 is 1.89 bits per heavy atom. The Morgan fingerprint density at radius 3 is 3.11 bits per heavy atom. The van der Waals surface area contributed by atoms with Crippen molar-refractivity contribution >= 4 is 12.0 Å². The third-order valence-corrected chi connectivity index (χ3v) is 1.17. The highest BCUT2D eigenvalue weighted by Crippen LogP contribution is 1.97. The predicted molar refractivity (Wildman–Crippen MR) is 35.4 cm³/mol. The highest BCUT2D eigenvalue weighted by molar-refractivity contribution is 5.78. The monoisotopic (exact) mass is 126 g/mol. The highest BCUT2D eigenvalue weighted by atomic mass is 16.1. The largest absolute Gasteiger partial charge is 0.298 e. The van der Waals surface area contributed by atoms with Gasteiger partial charge in [0.2, 0.25) is 0 Å². The van der Waals surface area contributed by atoms with Gasteiger partial charge in [-0.1, -0.05) is 0 Å². The van der Waals surface area contributed by atoms with E-state index in [4.69, 9.17) is 0 Å². The Balaban J connectivity index is 2.28. The fourth-order valence-corrected chi connectivity index (χ4v) is 0.815. The molecule has 0 amide bonds. The van der Waals surface area contributed by atoms with Gasteiger partial charge in [-0.3, -0.25) is 9.80 Å². The molecule has 0 radical (unpaired) electrons. The summed E-state index contributed by atoms with van der Waals surface area (Å²) in [4.78, 5) is 10.5. The molecule has 3 heteroatoms. The van der Waals surface area contributed by atoms with Gasteiger partial charge in [0.25, 0.3) is 0 Å². The molecule has 0 aromatic heterocycles. The quantitative estimate of drug-likeness (QED) is 0.532. The van der Waals surface area contributed by atoms with E-state index in [2.05, 4.69) is 5.10 Å². The number of hydrogen-bond donors (Lipinski definition) is 0. The van der Waals surface area contributed by atoms with Crippen LogP contribution in [0.1, 0.15) is 13.3 Å². The Kier molecular flexibility index (Phi) is 1.82. The number of rotatable bonds is 2. The van der Waals surface area contributed by atoms with Crippen LogP contribution in [0.5, 0.6) is 0 Å². The van der Waals surface area contributed by atoms with Crippen LogP contribution >= 0.6 is 0 Å². The summed E-state index contributed by atoms with van der Waals surface area (Å²) in [6.45, 7) is 2.95. The molecule has 50 valence electrons. The van der Waals surface area contributed by atoms with Gasteiger partial charge in [-0.25, -0.2) is 0 Å². The minimum Gasteiger partial charge on any atom is -0.298 e. The van der Waals surface area contributed by atoms with Gasteiger partial charge in [-0.05, 0) is 6.92 Å². The fourth-order valence-electron chi connectivity index (χ4n) is 0.815. The van der Waals surface area contributed by atoms with Crippen LogP contribution in [-0.2, 0) is 4.79 Å². The molecule has 1 rings (SSSR count). The van der Waals surface area contributed by atoms with Gasteiger partial charge in [0, 0.05) is 19.2 Å². The second-order valence-electron chi connectivity index (χ2n) is 2.18. The Labute approximate surface area is 54.3 Å². The van der Waals surface area contributed by atoms with Gasteiger partial charge in [0.15, 0.2) is 5.78 Å². The Hall–Kier alpha value is -0.860. The number of ketones is 1. The first kappa shape index (κ1) is 6.26. The van der Waals surface area contributed by atoms with E-state index in [9.17, 15) is 4.79 Å². The fraction of sp³-hybridized carbons (Fsp3) is 0.667. The zero-order chi connectivity index (χ0) is 6.69. The second kappa shape index (κ2) is 2.62. The summed E-state index contributed by atoms with van der Waals surface area (Å²) in [5.41, 5.74) is 0. The van der Waals surface area contributed by atoms with E-state index in [0.717, 1.165) is 13.0 Å². The minimum atomic E-state index is 0.175. The first-order valence-corrected chi connectivity index (χ1v) is 3.06. The van der Waals surface area contributed by atoms with Gasteiger partial charge in [0.1, 0.15) is 0 Å². The molecule has 0 spiro atoms. The predicted octanol–water partition coefficient (Wildman–Crippen LogP) is 0.267. The summed E-state index contributed by atoms with van der Waals surface area (Å²) in [7, 11) is 0. The number of carbonyl (C=O) groups excluding carboxylic acids is 1. The van der Waals surface area contributed by atoms with Crippen molar-refractivity contribution in [3.63, 3.8) is 0 Å². The van der Waals surface area contributed by atoms with Crippen LogP contribution < -0.4 is 0 Å². The third kappa shape index (κ3) is 1.83. The van der Waals surface area contributed by atoms with E-state index in [1.54, 1.807) is 11.9 Å². The maximum absolute atomic E-state index is 10.5. The molecule has 3 nitrogen and oxygen atoms in total. The van der Waals surface area contributed by atoms with E-state index in [-0.39, 0.29) is 5.78 Å². The molecular formula is C6H10N2O. The van der Waals surface area contributed by atoms with Gasteiger partial charge in [-0.2, -0.15) is 5.10 Å². The SMILES string of the molecule is CC(=O)CN1CCC=N1. The average molecular weight is 126 g/mol. The lowest BCUT2D eigenvalue weighted by molar-refractivity contribution is -0.118. The van der Waals surface area contributed by atoms with Crippen molar-refractivity contribution in [2.24, 2.45) is 5.10 Å². The number of nitrogens with zero attached hydrogens (tertiary/aromatic N) is 2. The van der Waals surface area contributed by atoms with E-state index in [1.165, 1.54) is 0 Å². The van der Waals surface area contributed by atoms with Gasteiger partial charge >= 0.3 is 0 Å². The maximum atomic E-state index is 10.5. The van der Waals surface area contributed by atoms with E-state index in [0.29, 0.717) is 6.54 Å². The Bertz CT molecular complexity index is 142. The van der Waals surface area contributed by atoms with Crippen molar-refractivity contribution in [1.82, 2.24) is 5.01 Å². The van der Waals surface area contributed by atoms with Crippen LogP contribution in [0.2, 0.25) is 0 Å². The van der Waals surface area contributed by atoms with Crippen molar-refractivity contribution in [1.29, 1.82) is 0 Å². The first-order valence-electron chi connectivity index (χ1n) is 3.06. The molecule has 0 saturated heterocycles. The molecule has 9 heavy (non-hydrogen) atoms. The number of hydrazone groups is 1. The molecule has 0 aliphatic carbocycles. The lowest BCUT2D eigenvalue weighted by Crippen LogP contribution is -2.20. The summed E-state index contributed by atoms with van der Waals surface area (Å²) >= 11 is 0. The van der Waals surface area contributed by atoms with Crippen molar-refractivity contribution in [3.8, 4) is 0 Å². The van der Waals surface area contributed by atoms with E-state index >= 15 is 0 Å². The summed E-state index contributed by atoms with van der Waals surface area (Å²) in [6.07, 6.45) is 2.82. The van der Waals surface area contributed by atoms with Gasteiger partial charge < -0.3 is 0 Å². The number of Topliss-reactive ketones (excluding diaryl/α,β-unsaturated/α-hetero) is 1. The Morgan fingerprint density at radius 2 is 2.67 bits per heavy atom. The summed E-state index contributed by atoms with van der Waals surface area (Å²) < 4.78 is 0. The maximum Gasteiger partial charge on any atom is 0.150 e. The first-order chi connectivity index (χ1) is 4.29. The number of hydrogen-bond acceptors (Lipinski definition) is 3. The molecule has 1 heterocycles. The number of carbonyl (C=O) groups is 1. The molecule has 0 atom stereocenters. The van der Waals surface area contributed by atoms with Crippen molar-refractivity contribution in [3.05, 3.63) is 0 Å². The van der Waals surface area contributed by atoms with Crippen molar-refractivity contribution in [2.45, 2.75) is 13.3 Å². The molecular weight excluding hydrogens is 116 g/mol. The molecule has 0 aromatic rings. The average Bonchev–Trinajstić information content (AvgIpc) is 2.15. The molecule has 1 aliphatic rings. The lowest BCUT2D eigenvalue weighted by Gasteiger charge is -2.09. The summed E-state index contributed by atoms with van der Waals surface area (Å²) in [5, 5.41) is 5.74. The normalized spacial score (nSPS) is 16.8. The third-order valence-electron chi connectivity index (χ3n) is 1.17. The van der Waals surface area contributed by atoms with Crippen LogP contribution in [-0.4, -0.2) is 30.1 Å². The minimum absolute atomic E-state index is 0.175. The molecule has 0 saturated carbocycles. The highest BCUT2D eigenvalue weighted by Gasteiger charge is 2.06. The summed E-state index contributed by atoms with van der Waals surface area (Å²) in [6, 6.07) is 0. The van der Waals surface area contributed by atoms with Crippen LogP contribution in [0.3, 0.4) is 0 Å². The zero-order valence-electron chi connectivity index (χ0n) is 5.50. The van der Waals surface area contributed by atoms with Crippen molar-refractivity contribution < 1.29 is 4.79 Å². The molecule has 0 aromatic carbocycles. The molecule has 0 unspecified atom stereocenters. The zero-order valence-corrected chi connectivity index (χ0v) is 5.50. The molecule has 0 N–H and O–H groups in total. The van der Waals surface area contributed by atoms with Crippen LogP contribution in [0.25, 0.3) is 0 Å². The molecule has 1 aliphatic heterocycles. The molecule has 0 fully saturated rings. The second-order valence-corrected chi connectivity index (χ2v) is 2.18. The summed E-state index contributed by atoms with van der Waals surface area (Å²) in [5.74, 6) is 0.175. The van der Waals surface area contributed by atoms with Crippen LogP contribution in [0, 0.1) is 0 Å². The smallest absolute Gasteiger partial charge is 0.150 e. The van der Waals surface area contributed by atoms with Crippen LogP contribution in [0.15, 0.2) is 5.10 Å². The molecule has 0 bridgehead atoms. The van der Waals surface area contributed by atoms with E-state index in [1.807, 2.05) is 6.21 Å². The van der Waals surface area contributed by atoms with E-state index < -0.39 is 0 Å². The standard InChI is InChI=1S/C6H10N2O/c1-6(9)5-8-4-2-3-7-8/h3H,2,4-5H2,1H3. The van der Waals surface area contributed by atoms with Crippen LogP contribution in [0.4, 0.5) is 0 Å². The van der Waals surface area contributed by atoms with Crippen molar-refractivity contribution in [2.75, 3.05) is 13.1 Å². The van der Waals surface area contributed by atoms with Gasteiger partial charge in [0.05, 0.1) is 6.54 Å². The van der Waals surface area contributed by atoms with Gasteiger partial charge in [-0.15, -0.1) is 0 Å². The topological polar surface area (TPSA) is 32.7 Å².